The number of ether oxygens (including phenoxy) is 4. The largest absolute Gasteiger partial charge is 0.491 e. The molecule has 1 rings (SSSR count). The van der Waals surface area contributed by atoms with Crippen LogP contribution >= 0.6 is 0 Å². The number of carbonyl (C=O) groups excluding carboxylic acids is 3. The highest BCUT2D eigenvalue weighted by Gasteiger charge is 2.37. The maximum absolute atomic E-state index is 11.1. The van der Waals surface area contributed by atoms with Crippen LogP contribution in [0.3, 0.4) is 0 Å². The van der Waals surface area contributed by atoms with Crippen LogP contribution in [0.4, 0.5) is 0 Å². The quantitative estimate of drug-likeness (QED) is 0.538. The molecule has 0 N–H and O–H groups in total. The maximum Gasteiger partial charge on any atom is 0.303 e. The molecule has 0 bridgehead atoms. The van der Waals surface area contributed by atoms with Crippen LogP contribution in [-0.2, 0) is 33.3 Å². The van der Waals surface area contributed by atoms with Crippen molar-refractivity contribution in [2.75, 3.05) is 6.61 Å². The average Bonchev–Trinajstić information content (AvgIpc) is 2.31. The first kappa shape index (κ1) is 13.4. The Kier molecular flexibility index (Phi) is 4.77. The molecule has 0 saturated heterocycles. The highest BCUT2D eigenvalue weighted by molar-refractivity contribution is 5.68. The third-order valence-electron chi connectivity index (χ3n) is 2.19. The molecule has 0 aromatic carbocycles. The van der Waals surface area contributed by atoms with Gasteiger partial charge in [0.15, 0.2) is 18.3 Å². The van der Waals surface area contributed by atoms with Gasteiger partial charge >= 0.3 is 17.9 Å². The summed E-state index contributed by atoms with van der Waals surface area (Å²) >= 11 is 0. The fourth-order valence-corrected chi connectivity index (χ4v) is 1.50. The van der Waals surface area contributed by atoms with Crippen molar-refractivity contribution in [3.63, 3.8) is 0 Å². The van der Waals surface area contributed by atoms with Gasteiger partial charge in [-0.2, -0.15) is 0 Å². The van der Waals surface area contributed by atoms with Gasteiger partial charge in [0.2, 0.25) is 0 Å². The normalized spacial score (nSPS) is 26.4. The molecule has 19 heavy (non-hydrogen) atoms. The van der Waals surface area contributed by atoms with Crippen molar-refractivity contribution in [2.45, 2.75) is 39.1 Å². The van der Waals surface area contributed by atoms with Crippen molar-refractivity contribution in [1.29, 1.82) is 0 Å². The van der Waals surface area contributed by atoms with Crippen molar-refractivity contribution in [1.82, 2.24) is 0 Å². The van der Waals surface area contributed by atoms with E-state index in [1.807, 2.05) is 0 Å². The SMILES string of the molecule is [2H]C1=CO[C@H](COC(C)=O)[C@@H](OC(C)=O)[C@@H]1OC(C)=O. The Labute approximate surface area is 111 Å². The molecular weight excluding hydrogens is 256 g/mol. The minimum atomic E-state index is -1.09. The number of hydrogen-bond acceptors (Lipinski definition) is 7. The van der Waals surface area contributed by atoms with Gasteiger partial charge in [-0.05, 0) is 6.05 Å². The van der Waals surface area contributed by atoms with E-state index in [4.69, 9.17) is 20.3 Å². The molecule has 1 heterocycles. The lowest BCUT2D eigenvalue weighted by Gasteiger charge is -2.32. The fraction of sp³-hybridized carbons (Fsp3) is 0.583. The Hall–Kier alpha value is -2.05. The van der Waals surface area contributed by atoms with Gasteiger partial charge in [-0.15, -0.1) is 0 Å². The summed E-state index contributed by atoms with van der Waals surface area (Å²) in [4.78, 5) is 33.0. The Morgan fingerprint density at radius 3 is 2.32 bits per heavy atom. The van der Waals surface area contributed by atoms with E-state index < -0.39 is 36.2 Å². The van der Waals surface area contributed by atoms with Crippen LogP contribution in [-0.4, -0.2) is 42.8 Å². The molecule has 106 valence electrons. The molecule has 0 spiro atoms. The van der Waals surface area contributed by atoms with Crippen molar-refractivity contribution < 1.29 is 34.7 Å². The lowest BCUT2D eigenvalue weighted by atomic mass is 10.1. The molecule has 0 radical (unpaired) electrons. The number of carbonyl (C=O) groups is 3. The van der Waals surface area contributed by atoms with Gasteiger partial charge in [-0.25, -0.2) is 0 Å². The predicted molar refractivity (Wildman–Crippen MR) is 61.8 cm³/mol. The summed E-state index contributed by atoms with van der Waals surface area (Å²) in [6.07, 6.45) is -1.91. The molecule has 1 aliphatic heterocycles. The van der Waals surface area contributed by atoms with Crippen LogP contribution in [0, 0.1) is 0 Å². The van der Waals surface area contributed by atoms with Gasteiger partial charge in [-0.3, -0.25) is 14.4 Å². The van der Waals surface area contributed by atoms with Crippen molar-refractivity contribution >= 4 is 17.9 Å². The first-order chi connectivity index (χ1) is 9.31. The highest BCUT2D eigenvalue weighted by Crippen LogP contribution is 2.19. The van der Waals surface area contributed by atoms with Crippen molar-refractivity contribution in [3.05, 3.63) is 12.3 Å². The van der Waals surface area contributed by atoms with Crippen LogP contribution in [0.2, 0.25) is 0 Å². The van der Waals surface area contributed by atoms with E-state index in [-0.39, 0.29) is 12.7 Å². The van der Waals surface area contributed by atoms with Gasteiger partial charge < -0.3 is 18.9 Å². The lowest BCUT2D eigenvalue weighted by Crippen LogP contribution is -2.47. The molecule has 0 aromatic heterocycles. The molecule has 7 heteroatoms. The first-order valence-electron chi connectivity index (χ1n) is 6.11. The monoisotopic (exact) mass is 273 g/mol. The number of esters is 3. The molecular formula is C12H16O7. The van der Waals surface area contributed by atoms with Crippen LogP contribution in [0.1, 0.15) is 22.1 Å². The van der Waals surface area contributed by atoms with Gasteiger partial charge in [0.25, 0.3) is 0 Å². The van der Waals surface area contributed by atoms with Gasteiger partial charge in [0.1, 0.15) is 6.61 Å². The molecule has 0 unspecified atom stereocenters. The Morgan fingerprint density at radius 1 is 1.16 bits per heavy atom. The second-order valence-electron chi connectivity index (χ2n) is 3.87. The zero-order valence-corrected chi connectivity index (χ0v) is 10.9. The second kappa shape index (κ2) is 6.77. The zero-order valence-electron chi connectivity index (χ0n) is 11.9. The molecule has 0 saturated carbocycles. The Morgan fingerprint density at radius 2 is 1.79 bits per heavy atom. The van der Waals surface area contributed by atoms with E-state index in [1.165, 1.54) is 20.8 Å². The Bertz CT molecular complexity index is 432. The summed E-state index contributed by atoms with van der Waals surface area (Å²) in [5.74, 6) is -1.78. The van der Waals surface area contributed by atoms with E-state index in [1.54, 1.807) is 0 Å². The van der Waals surface area contributed by atoms with Gasteiger partial charge in [-0.1, -0.05) is 0 Å². The minimum absolute atomic E-state index is 0.148. The van der Waals surface area contributed by atoms with Crippen LogP contribution < -0.4 is 0 Å². The zero-order chi connectivity index (χ0) is 15.3. The molecule has 7 nitrogen and oxygen atoms in total. The summed E-state index contributed by atoms with van der Waals surface area (Å²) in [6, 6.07) is -0.148. The van der Waals surface area contributed by atoms with Crippen molar-refractivity contribution in [2.24, 2.45) is 0 Å². The molecule has 1 aliphatic rings. The number of rotatable bonds is 4. The molecule has 0 amide bonds. The average molecular weight is 273 g/mol. The third-order valence-corrected chi connectivity index (χ3v) is 2.19. The van der Waals surface area contributed by atoms with Gasteiger partial charge in [0.05, 0.1) is 7.63 Å². The first-order valence-corrected chi connectivity index (χ1v) is 5.61. The maximum atomic E-state index is 11.1. The molecule has 0 fully saturated rings. The summed E-state index contributed by atoms with van der Waals surface area (Å²) in [6.45, 7) is 3.39. The summed E-state index contributed by atoms with van der Waals surface area (Å²) in [5, 5.41) is 0. The molecule has 0 aliphatic carbocycles. The third kappa shape index (κ3) is 4.99. The predicted octanol–water partition coefficient (Wildman–Crippen LogP) is 0.325. The summed E-state index contributed by atoms with van der Waals surface area (Å²) < 4.78 is 27.6. The van der Waals surface area contributed by atoms with Crippen LogP contribution in [0.5, 0.6) is 0 Å². The summed E-state index contributed by atoms with van der Waals surface area (Å²) in [7, 11) is 0. The van der Waals surface area contributed by atoms with Crippen LogP contribution in [0.25, 0.3) is 0 Å². The molecule has 3 atom stereocenters. The number of hydrogen-bond donors (Lipinski definition) is 0. The van der Waals surface area contributed by atoms with Crippen LogP contribution in [0.15, 0.2) is 12.3 Å². The summed E-state index contributed by atoms with van der Waals surface area (Å²) in [5.41, 5.74) is 0. The molecule has 0 aromatic rings. The Balaban J connectivity index is 2.90. The van der Waals surface area contributed by atoms with Gasteiger partial charge in [0, 0.05) is 20.8 Å². The second-order valence-corrected chi connectivity index (χ2v) is 3.87. The van der Waals surface area contributed by atoms with E-state index in [9.17, 15) is 14.4 Å². The van der Waals surface area contributed by atoms with E-state index >= 15 is 0 Å². The van der Waals surface area contributed by atoms with E-state index in [2.05, 4.69) is 0 Å². The van der Waals surface area contributed by atoms with E-state index in [0.29, 0.717) is 0 Å². The smallest absolute Gasteiger partial charge is 0.303 e. The van der Waals surface area contributed by atoms with E-state index in [0.717, 1.165) is 6.26 Å². The lowest BCUT2D eigenvalue weighted by molar-refractivity contribution is -0.178. The highest BCUT2D eigenvalue weighted by atomic mass is 16.6. The minimum Gasteiger partial charge on any atom is -0.491 e. The topological polar surface area (TPSA) is 88.1 Å². The fourth-order valence-electron chi connectivity index (χ4n) is 1.50. The van der Waals surface area contributed by atoms with Crippen molar-refractivity contribution in [3.8, 4) is 0 Å². The standard InChI is InChI=1S/C12H16O7/c1-7(13)17-6-11-12(19-9(3)15)10(4-5-16-11)18-8(2)14/h4-5,10-12H,6H2,1-3H3/t10-,11-,12+/m1/s1/i4D.